The second-order valence-electron chi connectivity index (χ2n) is 3.95. The molecule has 0 bridgehead atoms. The molecule has 106 valence electrons. The molecule has 0 saturated carbocycles. The SMILES string of the molecule is O=[N+]([O-])c1ccc(OCCNCCc2ncon2)cc1. The lowest BCUT2D eigenvalue weighted by Crippen LogP contribution is -2.23. The molecule has 0 aliphatic carbocycles. The summed E-state index contributed by atoms with van der Waals surface area (Å²) in [6.07, 6.45) is 1.99. The van der Waals surface area contributed by atoms with Crippen LogP contribution < -0.4 is 10.1 Å². The van der Waals surface area contributed by atoms with E-state index in [-0.39, 0.29) is 5.69 Å². The predicted octanol–water partition coefficient (Wildman–Crippen LogP) is 1.19. The van der Waals surface area contributed by atoms with Crippen molar-refractivity contribution in [3.05, 3.63) is 46.6 Å². The van der Waals surface area contributed by atoms with Gasteiger partial charge in [0.15, 0.2) is 5.82 Å². The number of ether oxygens (including phenoxy) is 1. The van der Waals surface area contributed by atoms with Crippen LogP contribution in [0, 0.1) is 10.1 Å². The van der Waals surface area contributed by atoms with Gasteiger partial charge in [0.1, 0.15) is 12.4 Å². The van der Waals surface area contributed by atoms with Crippen molar-refractivity contribution in [1.82, 2.24) is 15.5 Å². The third-order valence-corrected chi connectivity index (χ3v) is 2.53. The number of hydrogen-bond donors (Lipinski definition) is 1. The van der Waals surface area contributed by atoms with E-state index in [0.717, 1.165) is 6.54 Å². The highest BCUT2D eigenvalue weighted by Gasteiger charge is 2.04. The fourth-order valence-electron chi connectivity index (χ4n) is 1.53. The second-order valence-corrected chi connectivity index (χ2v) is 3.95. The van der Waals surface area contributed by atoms with Crippen LogP contribution in [0.5, 0.6) is 5.75 Å². The van der Waals surface area contributed by atoms with Gasteiger partial charge in [0.05, 0.1) is 4.92 Å². The molecule has 2 aromatic rings. The fraction of sp³-hybridized carbons (Fsp3) is 0.333. The lowest BCUT2D eigenvalue weighted by molar-refractivity contribution is -0.384. The molecule has 0 saturated heterocycles. The zero-order valence-electron chi connectivity index (χ0n) is 10.7. The number of nitro groups is 1. The molecule has 0 unspecified atom stereocenters. The first-order valence-electron chi connectivity index (χ1n) is 6.09. The van der Waals surface area contributed by atoms with Crippen LogP contribution in [-0.4, -0.2) is 34.8 Å². The molecule has 0 aliphatic rings. The zero-order valence-corrected chi connectivity index (χ0v) is 10.7. The molecule has 0 radical (unpaired) electrons. The van der Waals surface area contributed by atoms with Crippen LogP contribution in [0.3, 0.4) is 0 Å². The van der Waals surface area contributed by atoms with Crippen LogP contribution in [0.15, 0.2) is 35.2 Å². The van der Waals surface area contributed by atoms with Crippen LogP contribution in [0.1, 0.15) is 5.82 Å². The molecule has 8 heteroatoms. The van der Waals surface area contributed by atoms with Gasteiger partial charge in [-0.05, 0) is 12.1 Å². The van der Waals surface area contributed by atoms with E-state index in [1.165, 1.54) is 18.5 Å². The van der Waals surface area contributed by atoms with Gasteiger partial charge in [-0.15, -0.1) is 0 Å². The third kappa shape index (κ3) is 4.32. The average molecular weight is 278 g/mol. The molecular weight excluding hydrogens is 264 g/mol. The van der Waals surface area contributed by atoms with E-state index in [9.17, 15) is 10.1 Å². The summed E-state index contributed by atoms with van der Waals surface area (Å²) in [6.45, 7) is 1.86. The molecule has 0 atom stereocenters. The minimum absolute atomic E-state index is 0.0515. The van der Waals surface area contributed by atoms with Gasteiger partial charge < -0.3 is 14.6 Å². The first kappa shape index (κ1) is 13.9. The van der Waals surface area contributed by atoms with Gasteiger partial charge in [-0.3, -0.25) is 10.1 Å². The summed E-state index contributed by atoms with van der Waals surface area (Å²) in [4.78, 5) is 13.9. The Morgan fingerprint density at radius 2 is 2.10 bits per heavy atom. The largest absolute Gasteiger partial charge is 0.492 e. The van der Waals surface area contributed by atoms with E-state index >= 15 is 0 Å². The smallest absolute Gasteiger partial charge is 0.269 e. The Bertz CT molecular complexity index is 527. The molecule has 0 spiro atoms. The van der Waals surface area contributed by atoms with Crippen molar-refractivity contribution in [3.63, 3.8) is 0 Å². The van der Waals surface area contributed by atoms with Crippen molar-refractivity contribution in [2.45, 2.75) is 6.42 Å². The Balaban J connectivity index is 1.59. The standard InChI is InChI=1S/C12H14N4O4/c17-16(18)10-1-3-11(4-2-10)19-8-7-13-6-5-12-14-9-20-15-12/h1-4,9,13H,5-8H2. The lowest BCUT2D eigenvalue weighted by Gasteiger charge is -2.06. The van der Waals surface area contributed by atoms with E-state index in [1.807, 2.05) is 0 Å². The molecule has 2 rings (SSSR count). The first-order valence-corrected chi connectivity index (χ1v) is 6.09. The molecule has 0 fully saturated rings. The summed E-state index contributed by atoms with van der Waals surface area (Å²) in [7, 11) is 0. The highest BCUT2D eigenvalue weighted by atomic mass is 16.6. The average Bonchev–Trinajstić information content (AvgIpc) is 2.96. The van der Waals surface area contributed by atoms with Gasteiger partial charge in [0.25, 0.3) is 5.69 Å². The Morgan fingerprint density at radius 3 is 2.75 bits per heavy atom. The van der Waals surface area contributed by atoms with Crippen molar-refractivity contribution >= 4 is 5.69 Å². The molecular formula is C12H14N4O4. The minimum atomic E-state index is -0.441. The molecule has 0 aliphatic heterocycles. The molecule has 1 N–H and O–H groups in total. The van der Waals surface area contributed by atoms with Crippen LogP contribution in [-0.2, 0) is 6.42 Å². The number of aromatic nitrogens is 2. The quantitative estimate of drug-likeness (QED) is 0.439. The fourth-order valence-corrected chi connectivity index (χ4v) is 1.53. The van der Waals surface area contributed by atoms with Crippen molar-refractivity contribution in [1.29, 1.82) is 0 Å². The van der Waals surface area contributed by atoms with Crippen LogP contribution in [0.4, 0.5) is 5.69 Å². The molecule has 0 amide bonds. The summed E-state index contributed by atoms with van der Waals surface area (Å²) in [5.74, 6) is 1.27. The highest BCUT2D eigenvalue weighted by Crippen LogP contribution is 2.16. The summed E-state index contributed by atoms with van der Waals surface area (Å²) in [5.41, 5.74) is 0.0515. The molecule has 20 heavy (non-hydrogen) atoms. The summed E-state index contributed by atoms with van der Waals surface area (Å²) < 4.78 is 10.1. The third-order valence-electron chi connectivity index (χ3n) is 2.53. The number of benzene rings is 1. The maximum Gasteiger partial charge on any atom is 0.269 e. The van der Waals surface area contributed by atoms with Crippen LogP contribution >= 0.6 is 0 Å². The van der Waals surface area contributed by atoms with E-state index in [4.69, 9.17) is 4.74 Å². The maximum atomic E-state index is 10.5. The first-order chi connectivity index (χ1) is 9.75. The summed E-state index contributed by atoms with van der Waals surface area (Å²) in [6, 6.07) is 5.99. The maximum absolute atomic E-state index is 10.5. The Hall–Kier alpha value is -2.48. The molecule has 1 aromatic carbocycles. The van der Waals surface area contributed by atoms with Crippen molar-refractivity contribution < 1.29 is 14.2 Å². The van der Waals surface area contributed by atoms with Gasteiger partial charge in [0.2, 0.25) is 6.39 Å². The van der Waals surface area contributed by atoms with Gasteiger partial charge >= 0.3 is 0 Å². The summed E-state index contributed by atoms with van der Waals surface area (Å²) >= 11 is 0. The Labute approximate surface area is 114 Å². The van der Waals surface area contributed by atoms with Crippen LogP contribution in [0.25, 0.3) is 0 Å². The molecule has 8 nitrogen and oxygen atoms in total. The van der Waals surface area contributed by atoms with Crippen LogP contribution in [0.2, 0.25) is 0 Å². The van der Waals surface area contributed by atoms with Crippen molar-refractivity contribution in [2.75, 3.05) is 19.7 Å². The highest BCUT2D eigenvalue weighted by molar-refractivity contribution is 5.35. The van der Waals surface area contributed by atoms with E-state index < -0.39 is 4.92 Å². The molecule has 1 aromatic heterocycles. The van der Waals surface area contributed by atoms with E-state index in [2.05, 4.69) is 20.0 Å². The topological polar surface area (TPSA) is 103 Å². The van der Waals surface area contributed by atoms with Gasteiger partial charge in [-0.1, -0.05) is 5.16 Å². The second kappa shape index (κ2) is 7.19. The van der Waals surface area contributed by atoms with Crippen molar-refractivity contribution in [2.24, 2.45) is 0 Å². The van der Waals surface area contributed by atoms with Gasteiger partial charge in [-0.25, -0.2) is 0 Å². The predicted molar refractivity (Wildman–Crippen MR) is 69.5 cm³/mol. The van der Waals surface area contributed by atoms with Gasteiger partial charge in [0, 0.05) is 31.6 Å². The van der Waals surface area contributed by atoms with E-state index in [1.54, 1.807) is 12.1 Å². The number of rotatable bonds is 8. The normalized spacial score (nSPS) is 10.4. The number of non-ortho nitro benzene ring substituents is 1. The number of hydrogen-bond acceptors (Lipinski definition) is 7. The number of nitro benzene ring substituents is 1. The number of nitrogens with one attached hydrogen (secondary N) is 1. The monoisotopic (exact) mass is 278 g/mol. The zero-order chi connectivity index (χ0) is 14.2. The summed E-state index contributed by atoms with van der Waals surface area (Å²) in [5, 5.41) is 17.3. The lowest BCUT2D eigenvalue weighted by atomic mass is 10.3. The Kier molecular flexibility index (Phi) is 5.01. The van der Waals surface area contributed by atoms with E-state index in [0.29, 0.717) is 31.1 Å². The minimum Gasteiger partial charge on any atom is -0.492 e. The molecule has 1 heterocycles. The van der Waals surface area contributed by atoms with Crippen molar-refractivity contribution in [3.8, 4) is 5.75 Å². The van der Waals surface area contributed by atoms with Gasteiger partial charge in [-0.2, -0.15) is 4.98 Å². The Morgan fingerprint density at radius 1 is 1.30 bits per heavy atom. The number of nitrogens with zero attached hydrogens (tertiary/aromatic N) is 3.